The highest BCUT2D eigenvalue weighted by molar-refractivity contribution is 8.01. The maximum Gasteiger partial charge on any atom is 0.253 e. The van der Waals surface area contributed by atoms with Gasteiger partial charge in [0.05, 0.1) is 10.9 Å². The number of amides is 2. The Hall–Kier alpha value is -1.53. The third-order valence-electron chi connectivity index (χ3n) is 6.14. The van der Waals surface area contributed by atoms with Gasteiger partial charge in [-0.1, -0.05) is 39.8 Å². The molecule has 0 unspecified atom stereocenters. The molecule has 2 fully saturated rings. The molecule has 2 aliphatic heterocycles. The molecule has 0 aliphatic carbocycles. The predicted molar refractivity (Wildman–Crippen MR) is 120 cm³/mol. The average Bonchev–Trinajstić information content (AvgIpc) is 3.11. The van der Waals surface area contributed by atoms with Crippen molar-refractivity contribution < 1.29 is 9.59 Å². The van der Waals surface area contributed by atoms with Gasteiger partial charge in [0.25, 0.3) is 5.91 Å². The molecule has 2 aliphatic rings. The van der Waals surface area contributed by atoms with Crippen LogP contribution in [0.2, 0.25) is 0 Å². The first-order valence-corrected chi connectivity index (χ1v) is 11.7. The molecule has 160 valence electrons. The van der Waals surface area contributed by atoms with Gasteiger partial charge >= 0.3 is 0 Å². The normalized spacial score (nSPS) is 22.5. The first-order valence-electron chi connectivity index (χ1n) is 10.8. The van der Waals surface area contributed by atoms with E-state index in [-0.39, 0.29) is 34.2 Å². The molecule has 3 rings (SSSR count). The number of nitrogens with zero attached hydrogens (tertiary/aromatic N) is 1. The summed E-state index contributed by atoms with van der Waals surface area (Å²) < 4.78 is 0. The number of thioether (sulfide) groups is 1. The Bertz CT molecular complexity index is 733. The van der Waals surface area contributed by atoms with Crippen molar-refractivity contribution in [2.24, 2.45) is 0 Å². The predicted octanol–water partition coefficient (Wildman–Crippen LogP) is 3.54. The molecule has 2 saturated heterocycles. The molecule has 0 bridgehead atoms. The lowest BCUT2D eigenvalue weighted by molar-refractivity contribution is -0.123. The molecule has 1 aromatic rings. The third-order valence-corrected chi connectivity index (χ3v) is 7.72. The molecular formula is C23H35N3O2S. The van der Waals surface area contributed by atoms with E-state index in [1.165, 1.54) is 5.56 Å². The van der Waals surface area contributed by atoms with Crippen molar-refractivity contribution in [3.63, 3.8) is 0 Å². The number of carbonyl (C=O) groups is 2. The Morgan fingerprint density at radius 3 is 2.41 bits per heavy atom. The number of hydrogen-bond donors (Lipinski definition) is 2. The molecule has 1 spiro atoms. The van der Waals surface area contributed by atoms with Gasteiger partial charge in [-0.2, -0.15) is 0 Å². The van der Waals surface area contributed by atoms with E-state index in [2.05, 4.69) is 50.5 Å². The van der Waals surface area contributed by atoms with Crippen LogP contribution in [0.1, 0.15) is 69.8 Å². The van der Waals surface area contributed by atoms with E-state index < -0.39 is 0 Å². The van der Waals surface area contributed by atoms with Crippen molar-refractivity contribution in [1.82, 2.24) is 15.5 Å². The highest BCUT2D eigenvalue weighted by Crippen LogP contribution is 2.39. The summed E-state index contributed by atoms with van der Waals surface area (Å²) in [6.07, 6.45) is 2.68. The second-order valence-corrected chi connectivity index (χ2v) is 10.8. The molecule has 0 radical (unpaired) electrons. The molecule has 0 saturated carbocycles. The van der Waals surface area contributed by atoms with Crippen LogP contribution in [-0.4, -0.2) is 52.5 Å². The van der Waals surface area contributed by atoms with Crippen LogP contribution in [0.3, 0.4) is 0 Å². The second-order valence-electron chi connectivity index (χ2n) is 9.44. The molecule has 5 nitrogen and oxygen atoms in total. The summed E-state index contributed by atoms with van der Waals surface area (Å²) in [5.74, 6) is 1.00. The number of nitrogens with one attached hydrogen (secondary N) is 2. The second kappa shape index (κ2) is 8.68. The fraction of sp³-hybridized carbons (Fsp3) is 0.652. The number of hydrogen-bond acceptors (Lipinski definition) is 4. The molecule has 29 heavy (non-hydrogen) atoms. The summed E-state index contributed by atoms with van der Waals surface area (Å²) in [4.78, 5) is 27.2. The lowest BCUT2D eigenvalue weighted by Crippen LogP contribution is -2.55. The minimum atomic E-state index is -0.138. The van der Waals surface area contributed by atoms with Crippen molar-refractivity contribution in [3.8, 4) is 0 Å². The molecular weight excluding hydrogens is 382 g/mol. The Morgan fingerprint density at radius 1 is 1.24 bits per heavy atom. The van der Waals surface area contributed by atoms with Crippen molar-refractivity contribution in [1.29, 1.82) is 0 Å². The van der Waals surface area contributed by atoms with E-state index in [0.29, 0.717) is 0 Å². The van der Waals surface area contributed by atoms with Gasteiger partial charge in [0.1, 0.15) is 0 Å². The van der Waals surface area contributed by atoms with Gasteiger partial charge in [-0.05, 0) is 49.3 Å². The van der Waals surface area contributed by atoms with Crippen LogP contribution in [-0.2, 0) is 10.2 Å². The fourth-order valence-corrected chi connectivity index (χ4v) is 5.30. The van der Waals surface area contributed by atoms with E-state index in [9.17, 15) is 9.59 Å². The lowest BCUT2D eigenvalue weighted by Gasteiger charge is -2.39. The first kappa shape index (κ1) is 22.2. The summed E-state index contributed by atoms with van der Waals surface area (Å²) in [7, 11) is 0. The van der Waals surface area contributed by atoms with E-state index >= 15 is 0 Å². The highest BCUT2D eigenvalue weighted by atomic mass is 32.2. The Kier molecular flexibility index (Phi) is 6.64. The largest absolute Gasteiger partial charge is 0.352 e. The minimum Gasteiger partial charge on any atom is -0.352 e. The fourth-order valence-electron chi connectivity index (χ4n) is 3.89. The van der Waals surface area contributed by atoms with Crippen LogP contribution in [0, 0.1) is 0 Å². The smallest absolute Gasteiger partial charge is 0.253 e. The van der Waals surface area contributed by atoms with Crippen LogP contribution in [0.5, 0.6) is 0 Å². The number of rotatable bonds is 4. The summed E-state index contributed by atoms with van der Waals surface area (Å²) in [5.41, 5.74) is 2.08. The van der Waals surface area contributed by atoms with Crippen molar-refractivity contribution in [3.05, 3.63) is 35.4 Å². The van der Waals surface area contributed by atoms with Gasteiger partial charge in [-0.3, -0.25) is 14.9 Å². The Labute approximate surface area is 179 Å². The number of benzene rings is 1. The zero-order valence-corrected chi connectivity index (χ0v) is 19.2. The summed E-state index contributed by atoms with van der Waals surface area (Å²) in [6.45, 7) is 12.1. The van der Waals surface area contributed by atoms with Gasteiger partial charge in [0.2, 0.25) is 5.91 Å². The van der Waals surface area contributed by atoms with Gasteiger partial charge in [-0.25, -0.2) is 0 Å². The minimum absolute atomic E-state index is 0.0790. The molecule has 2 amide bonds. The van der Waals surface area contributed by atoms with E-state index in [1.807, 2.05) is 35.7 Å². The number of carbonyl (C=O) groups excluding carboxylic acids is 2. The monoisotopic (exact) mass is 417 g/mol. The number of likely N-dealkylation sites (tertiary alicyclic amines) is 1. The van der Waals surface area contributed by atoms with Crippen LogP contribution in [0.25, 0.3) is 0 Å². The van der Waals surface area contributed by atoms with Crippen molar-refractivity contribution in [2.75, 3.05) is 18.8 Å². The molecule has 0 aromatic heterocycles. The zero-order chi connectivity index (χ0) is 21.2. The number of piperidine rings is 1. The van der Waals surface area contributed by atoms with E-state index in [0.717, 1.165) is 43.7 Å². The van der Waals surface area contributed by atoms with Crippen LogP contribution >= 0.6 is 11.8 Å². The third kappa shape index (κ3) is 5.15. The quantitative estimate of drug-likeness (QED) is 0.787. The molecule has 2 N–H and O–H groups in total. The summed E-state index contributed by atoms with van der Waals surface area (Å²) in [5, 5.41) is 6.65. The van der Waals surface area contributed by atoms with Crippen LogP contribution in [0.4, 0.5) is 0 Å². The topological polar surface area (TPSA) is 61.4 Å². The first-order chi connectivity index (χ1) is 13.6. The van der Waals surface area contributed by atoms with E-state index in [4.69, 9.17) is 0 Å². The standard InChI is InChI=1S/C23H35N3O2S/c1-6-16(2)24-20(27)19-15-29-23(25-19)11-13-26(14-12-23)21(28)17-7-9-18(10-8-17)22(3,4)5/h7-10,16,19,25H,6,11-15H2,1-5H3,(H,24,27)/t16-,19-/m0/s1. The SMILES string of the molecule is CC[C@H](C)NC(=O)[C@@H]1CSC2(CCN(C(=O)c3ccc(C(C)(C)C)cc3)CC2)N1. The molecule has 6 heteroatoms. The van der Waals surface area contributed by atoms with Gasteiger partial charge in [0.15, 0.2) is 0 Å². The Balaban J connectivity index is 1.55. The highest BCUT2D eigenvalue weighted by Gasteiger charge is 2.44. The lowest BCUT2D eigenvalue weighted by atomic mass is 9.86. The van der Waals surface area contributed by atoms with Crippen LogP contribution < -0.4 is 10.6 Å². The van der Waals surface area contributed by atoms with Gasteiger partial charge in [0, 0.05) is 30.4 Å². The van der Waals surface area contributed by atoms with Crippen LogP contribution in [0.15, 0.2) is 24.3 Å². The van der Waals surface area contributed by atoms with Gasteiger partial charge in [-0.15, -0.1) is 11.8 Å². The van der Waals surface area contributed by atoms with Crippen molar-refractivity contribution in [2.45, 2.75) is 76.3 Å². The zero-order valence-electron chi connectivity index (χ0n) is 18.4. The maximum atomic E-state index is 12.9. The van der Waals surface area contributed by atoms with Gasteiger partial charge < -0.3 is 10.2 Å². The van der Waals surface area contributed by atoms with E-state index in [1.54, 1.807) is 0 Å². The summed E-state index contributed by atoms with van der Waals surface area (Å²) >= 11 is 1.84. The molecule has 1 aromatic carbocycles. The Morgan fingerprint density at radius 2 is 1.86 bits per heavy atom. The molecule has 2 atom stereocenters. The maximum absolute atomic E-state index is 12.9. The summed E-state index contributed by atoms with van der Waals surface area (Å²) in [6, 6.07) is 8.09. The average molecular weight is 418 g/mol. The molecule has 2 heterocycles. The van der Waals surface area contributed by atoms with Crippen molar-refractivity contribution >= 4 is 23.6 Å².